The Morgan fingerprint density at radius 2 is 1.79 bits per heavy atom. The standard InChI is InChI=1S/C23H30N2O3S/c1-16(2)22(18-8-11-20-21(14-18)28-13-5-12-27-20)24-23(26)25(3)15-17-6-9-19(29-4)10-7-17/h6-11,14,16,22H,5,12-13,15H2,1-4H3,(H,24,26)/t22-/m0/s1. The Hall–Kier alpha value is -2.34. The second kappa shape index (κ2) is 9.92. The van der Waals surface area contributed by atoms with Crippen LogP contribution in [0.2, 0.25) is 0 Å². The number of benzene rings is 2. The first kappa shape index (κ1) is 21.4. The van der Waals surface area contributed by atoms with Crippen LogP contribution >= 0.6 is 11.8 Å². The normalized spacial score (nSPS) is 14.2. The summed E-state index contributed by atoms with van der Waals surface area (Å²) in [5.74, 6) is 1.76. The van der Waals surface area contributed by atoms with Crippen LogP contribution in [0.15, 0.2) is 47.4 Å². The molecule has 1 aliphatic heterocycles. The molecule has 0 saturated carbocycles. The number of hydrogen-bond acceptors (Lipinski definition) is 4. The first-order chi connectivity index (χ1) is 14.0. The van der Waals surface area contributed by atoms with E-state index in [0.717, 1.165) is 29.0 Å². The van der Waals surface area contributed by atoms with Crippen molar-refractivity contribution in [2.24, 2.45) is 5.92 Å². The number of nitrogens with zero attached hydrogens (tertiary/aromatic N) is 1. The van der Waals surface area contributed by atoms with E-state index in [1.165, 1.54) is 4.90 Å². The third kappa shape index (κ3) is 5.60. The highest BCUT2D eigenvalue weighted by atomic mass is 32.2. The third-order valence-electron chi connectivity index (χ3n) is 5.00. The van der Waals surface area contributed by atoms with Crippen molar-refractivity contribution in [3.8, 4) is 11.5 Å². The summed E-state index contributed by atoms with van der Waals surface area (Å²) in [6, 6.07) is 14.0. The summed E-state index contributed by atoms with van der Waals surface area (Å²) in [5.41, 5.74) is 2.13. The van der Waals surface area contributed by atoms with Gasteiger partial charge in [0.05, 0.1) is 19.3 Å². The van der Waals surface area contributed by atoms with E-state index in [4.69, 9.17) is 9.47 Å². The van der Waals surface area contributed by atoms with Crippen LogP contribution in [0.4, 0.5) is 4.79 Å². The van der Waals surface area contributed by atoms with Crippen LogP contribution in [0.25, 0.3) is 0 Å². The molecule has 0 fully saturated rings. The molecule has 1 N–H and O–H groups in total. The molecular weight excluding hydrogens is 384 g/mol. The lowest BCUT2D eigenvalue weighted by Gasteiger charge is -2.27. The summed E-state index contributed by atoms with van der Waals surface area (Å²) in [4.78, 5) is 15.8. The van der Waals surface area contributed by atoms with Crippen molar-refractivity contribution >= 4 is 17.8 Å². The van der Waals surface area contributed by atoms with Crippen LogP contribution in [-0.4, -0.2) is 37.4 Å². The van der Waals surface area contributed by atoms with E-state index >= 15 is 0 Å². The number of fused-ring (bicyclic) bond motifs is 1. The van der Waals surface area contributed by atoms with Gasteiger partial charge in [-0.3, -0.25) is 0 Å². The predicted molar refractivity (Wildman–Crippen MR) is 118 cm³/mol. The summed E-state index contributed by atoms with van der Waals surface area (Å²) in [6.07, 6.45) is 2.93. The number of nitrogens with one attached hydrogen (secondary N) is 1. The summed E-state index contributed by atoms with van der Waals surface area (Å²) in [7, 11) is 1.82. The van der Waals surface area contributed by atoms with Crippen LogP contribution in [0, 0.1) is 5.92 Å². The van der Waals surface area contributed by atoms with Gasteiger partial charge in [0.15, 0.2) is 11.5 Å². The van der Waals surface area contributed by atoms with Crippen LogP contribution < -0.4 is 14.8 Å². The van der Waals surface area contributed by atoms with Crippen molar-refractivity contribution in [2.45, 2.75) is 37.8 Å². The lowest BCUT2D eigenvalue weighted by molar-refractivity contribution is 0.198. The first-order valence-electron chi connectivity index (χ1n) is 10.0. The molecule has 2 aromatic rings. The quantitative estimate of drug-likeness (QED) is 0.668. The number of rotatable bonds is 6. The van der Waals surface area contributed by atoms with Gasteiger partial charge in [-0.15, -0.1) is 11.8 Å². The highest BCUT2D eigenvalue weighted by Gasteiger charge is 2.22. The molecule has 5 nitrogen and oxygen atoms in total. The summed E-state index contributed by atoms with van der Waals surface area (Å²) < 4.78 is 11.5. The van der Waals surface area contributed by atoms with Crippen molar-refractivity contribution in [3.05, 3.63) is 53.6 Å². The Bertz CT molecular complexity index is 823. The predicted octanol–water partition coefficient (Wildman–Crippen LogP) is 5.11. The maximum absolute atomic E-state index is 12.9. The van der Waals surface area contributed by atoms with Crippen LogP contribution in [0.3, 0.4) is 0 Å². The number of ether oxygens (including phenoxy) is 2. The minimum absolute atomic E-state index is 0.0928. The van der Waals surface area contributed by atoms with Gasteiger partial charge in [0, 0.05) is 24.9 Å². The van der Waals surface area contributed by atoms with Crippen LogP contribution in [0.5, 0.6) is 11.5 Å². The first-order valence-corrected chi connectivity index (χ1v) is 11.2. The second-order valence-corrected chi connectivity index (χ2v) is 8.51. The number of carbonyl (C=O) groups is 1. The zero-order valence-electron chi connectivity index (χ0n) is 17.6. The van der Waals surface area contributed by atoms with Gasteiger partial charge in [0.2, 0.25) is 0 Å². The van der Waals surface area contributed by atoms with Gasteiger partial charge in [-0.25, -0.2) is 4.79 Å². The molecule has 2 amide bonds. The van der Waals surface area contributed by atoms with Gasteiger partial charge in [0.1, 0.15) is 0 Å². The van der Waals surface area contributed by atoms with E-state index in [1.807, 2.05) is 25.2 Å². The van der Waals surface area contributed by atoms with Crippen molar-refractivity contribution < 1.29 is 14.3 Å². The van der Waals surface area contributed by atoms with Crippen LogP contribution in [0.1, 0.15) is 37.4 Å². The van der Waals surface area contributed by atoms with Gasteiger partial charge in [-0.05, 0) is 47.6 Å². The molecule has 0 saturated heterocycles. The average molecular weight is 415 g/mol. The minimum Gasteiger partial charge on any atom is -0.490 e. The Morgan fingerprint density at radius 1 is 1.10 bits per heavy atom. The van der Waals surface area contributed by atoms with E-state index in [-0.39, 0.29) is 18.0 Å². The average Bonchev–Trinajstić information content (AvgIpc) is 2.97. The molecule has 0 aromatic heterocycles. The van der Waals surface area contributed by atoms with Gasteiger partial charge in [-0.2, -0.15) is 0 Å². The summed E-state index contributed by atoms with van der Waals surface area (Å²) >= 11 is 1.71. The largest absolute Gasteiger partial charge is 0.490 e. The molecule has 6 heteroatoms. The summed E-state index contributed by atoms with van der Waals surface area (Å²) in [5, 5.41) is 3.18. The lowest BCUT2D eigenvalue weighted by atomic mass is 9.95. The Morgan fingerprint density at radius 3 is 2.45 bits per heavy atom. The Balaban J connectivity index is 1.69. The molecule has 0 unspecified atom stereocenters. The molecule has 2 aromatic carbocycles. The van der Waals surface area contributed by atoms with Crippen molar-refractivity contribution in [3.63, 3.8) is 0 Å². The molecule has 1 heterocycles. The molecule has 0 spiro atoms. The van der Waals surface area contributed by atoms with E-state index in [9.17, 15) is 4.79 Å². The number of amides is 2. The fourth-order valence-corrected chi connectivity index (χ4v) is 3.74. The van der Waals surface area contributed by atoms with E-state index < -0.39 is 0 Å². The number of thioether (sulfide) groups is 1. The number of hydrogen-bond donors (Lipinski definition) is 1. The molecule has 0 aliphatic carbocycles. The maximum Gasteiger partial charge on any atom is 0.317 e. The van der Waals surface area contributed by atoms with E-state index in [1.54, 1.807) is 16.7 Å². The zero-order chi connectivity index (χ0) is 20.8. The molecular formula is C23H30N2O3S. The zero-order valence-corrected chi connectivity index (χ0v) is 18.4. The number of carbonyl (C=O) groups excluding carboxylic acids is 1. The molecule has 29 heavy (non-hydrogen) atoms. The Kier molecular flexibility index (Phi) is 7.31. The molecule has 156 valence electrons. The smallest absolute Gasteiger partial charge is 0.317 e. The molecule has 1 aliphatic rings. The summed E-state index contributed by atoms with van der Waals surface area (Å²) in [6.45, 7) is 6.09. The van der Waals surface area contributed by atoms with E-state index in [2.05, 4.69) is 49.7 Å². The monoisotopic (exact) mass is 414 g/mol. The van der Waals surface area contributed by atoms with Gasteiger partial charge >= 0.3 is 6.03 Å². The van der Waals surface area contributed by atoms with Crippen molar-refractivity contribution in [1.29, 1.82) is 0 Å². The third-order valence-corrected chi connectivity index (χ3v) is 5.75. The van der Waals surface area contributed by atoms with Gasteiger partial charge in [-0.1, -0.05) is 32.0 Å². The van der Waals surface area contributed by atoms with Gasteiger partial charge < -0.3 is 19.7 Å². The topological polar surface area (TPSA) is 50.8 Å². The van der Waals surface area contributed by atoms with E-state index in [0.29, 0.717) is 19.8 Å². The van der Waals surface area contributed by atoms with Crippen molar-refractivity contribution in [2.75, 3.05) is 26.5 Å². The molecule has 3 rings (SSSR count). The fraction of sp³-hybridized carbons (Fsp3) is 0.435. The highest BCUT2D eigenvalue weighted by Crippen LogP contribution is 2.34. The van der Waals surface area contributed by atoms with Crippen molar-refractivity contribution in [1.82, 2.24) is 10.2 Å². The Labute approximate surface area is 177 Å². The molecule has 1 atom stereocenters. The highest BCUT2D eigenvalue weighted by molar-refractivity contribution is 7.98. The second-order valence-electron chi connectivity index (χ2n) is 7.63. The molecule has 0 radical (unpaired) electrons. The lowest BCUT2D eigenvalue weighted by Crippen LogP contribution is -2.40. The molecule has 0 bridgehead atoms. The van der Waals surface area contributed by atoms with Crippen LogP contribution in [-0.2, 0) is 6.54 Å². The minimum atomic E-state index is -0.110. The number of urea groups is 1. The SMILES string of the molecule is CSc1ccc(CN(C)C(=O)N[C@H](c2ccc3c(c2)OCCCO3)C(C)C)cc1. The fourth-order valence-electron chi connectivity index (χ4n) is 3.33. The van der Waals surface area contributed by atoms with Gasteiger partial charge in [0.25, 0.3) is 0 Å². The maximum atomic E-state index is 12.9.